The number of rotatable bonds is 3. The van der Waals surface area contributed by atoms with Crippen molar-refractivity contribution in [1.82, 2.24) is 4.90 Å². The van der Waals surface area contributed by atoms with Crippen LogP contribution in [-0.4, -0.2) is 30.6 Å². The molecule has 1 fully saturated rings. The Labute approximate surface area is 90.2 Å². The largest absolute Gasteiger partial charge is 0.384 e. The van der Waals surface area contributed by atoms with Gasteiger partial charge >= 0.3 is 0 Å². The number of amides is 1. The highest BCUT2D eigenvalue weighted by atomic mass is 16.2. The molecule has 1 saturated heterocycles. The lowest BCUT2D eigenvalue weighted by Crippen LogP contribution is -2.19. The van der Waals surface area contributed by atoms with Crippen LogP contribution in [0.1, 0.15) is 13.3 Å². The van der Waals surface area contributed by atoms with Crippen molar-refractivity contribution in [2.45, 2.75) is 13.3 Å². The lowest BCUT2D eigenvalue weighted by molar-refractivity contribution is -0.126. The molecule has 0 saturated carbocycles. The molecule has 0 aromatic carbocycles. The van der Waals surface area contributed by atoms with E-state index in [4.69, 9.17) is 5.73 Å². The Bertz CT molecular complexity index is 331. The van der Waals surface area contributed by atoms with Gasteiger partial charge in [-0.1, -0.05) is 12.7 Å². The molecule has 1 amide bonds. The Kier molecular flexibility index (Phi) is 3.66. The highest BCUT2D eigenvalue weighted by molar-refractivity contribution is 5.85. The highest BCUT2D eigenvalue weighted by Gasteiger charge is 2.28. The van der Waals surface area contributed by atoms with Crippen molar-refractivity contribution >= 4 is 12.1 Å². The first kappa shape index (κ1) is 11.5. The standard InChI is InChI=1S/C11H17N3O/c1-4-9(6-13-8(2)12)10-5-11(15)14(3)7-10/h4,6,10H,2,5,7,12H2,1,3H3/b9-4+,13-6?. The van der Waals surface area contributed by atoms with Crippen LogP contribution >= 0.6 is 0 Å². The fraction of sp³-hybridized carbons (Fsp3) is 0.455. The number of hydrogen-bond donors (Lipinski definition) is 1. The molecule has 0 spiro atoms. The normalized spacial score (nSPS) is 22.8. The van der Waals surface area contributed by atoms with Gasteiger partial charge in [0.1, 0.15) is 5.82 Å². The van der Waals surface area contributed by atoms with Crippen LogP contribution in [-0.2, 0) is 4.79 Å². The number of likely N-dealkylation sites (tertiary alicyclic amines) is 1. The Hall–Kier alpha value is -1.58. The van der Waals surface area contributed by atoms with Crippen LogP contribution in [0.3, 0.4) is 0 Å². The van der Waals surface area contributed by atoms with E-state index in [1.807, 2.05) is 20.0 Å². The molecule has 4 heteroatoms. The molecular formula is C11H17N3O. The first-order valence-electron chi connectivity index (χ1n) is 4.93. The third-order valence-electron chi connectivity index (χ3n) is 2.53. The van der Waals surface area contributed by atoms with Crippen LogP contribution in [0.5, 0.6) is 0 Å². The first-order valence-corrected chi connectivity index (χ1v) is 4.93. The summed E-state index contributed by atoms with van der Waals surface area (Å²) in [6, 6.07) is 0. The van der Waals surface area contributed by atoms with Crippen LogP contribution in [0, 0.1) is 5.92 Å². The monoisotopic (exact) mass is 207 g/mol. The molecule has 2 N–H and O–H groups in total. The van der Waals surface area contributed by atoms with Crippen molar-refractivity contribution in [3.05, 3.63) is 24.0 Å². The summed E-state index contributed by atoms with van der Waals surface area (Å²) in [6.07, 6.45) is 4.21. The van der Waals surface area contributed by atoms with E-state index >= 15 is 0 Å². The maximum Gasteiger partial charge on any atom is 0.223 e. The van der Waals surface area contributed by atoms with Gasteiger partial charge in [-0.15, -0.1) is 0 Å². The average molecular weight is 207 g/mol. The zero-order valence-electron chi connectivity index (χ0n) is 9.23. The van der Waals surface area contributed by atoms with Gasteiger partial charge in [-0.2, -0.15) is 0 Å². The van der Waals surface area contributed by atoms with E-state index in [1.165, 1.54) is 0 Å². The SMILES string of the molecule is C=C(N)N=C/C(=C\C)C1CC(=O)N(C)C1. The second kappa shape index (κ2) is 4.77. The number of allylic oxidation sites excluding steroid dienone is 1. The van der Waals surface area contributed by atoms with Crippen molar-refractivity contribution in [3.63, 3.8) is 0 Å². The summed E-state index contributed by atoms with van der Waals surface area (Å²) in [4.78, 5) is 17.0. The fourth-order valence-corrected chi connectivity index (χ4v) is 1.66. The number of nitrogens with zero attached hydrogens (tertiary/aromatic N) is 2. The minimum Gasteiger partial charge on any atom is -0.384 e. The zero-order valence-corrected chi connectivity index (χ0v) is 9.23. The summed E-state index contributed by atoms with van der Waals surface area (Å²) in [5, 5.41) is 0. The molecule has 0 bridgehead atoms. The van der Waals surface area contributed by atoms with E-state index < -0.39 is 0 Å². The molecule has 1 heterocycles. The molecule has 1 aliphatic rings. The van der Waals surface area contributed by atoms with E-state index in [0.29, 0.717) is 6.42 Å². The molecule has 0 radical (unpaired) electrons. The molecule has 0 aromatic heterocycles. The average Bonchev–Trinajstić information content (AvgIpc) is 2.47. The van der Waals surface area contributed by atoms with Gasteiger partial charge in [-0.05, 0) is 12.5 Å². The predicted molar refractivity (Wildman–Crippen MR) is 61.3 cm³/mol. The maximum absolute atomic E-state index is 11.4. The van der Waals surface area contributed by atoms with E-state index in [2.05, 4.69) is 11.6 Å². The molecular weight excluding hydrogens is 190 g/mol. The number of hydrogen-bond acceptors (Lipinski definition) is 3. The van der Waals surface area contributed by atoms with Gasteiger partial charge in [-0.25, -0.2) is 4.99 Å². The van der Waals surface area contributed by atoms with Gasteiger partial charge in [0, 0.05) is 32.1 Å². The van der Waals surface area contributed by atoms with Gasteiger partial charge < -0.3 is 10.6 Å². The molecule has 1 rings (SSSR count). The summed E-state index contributed by atoms with van der Waals surface area (Å²) in [7, 11) is 1.81. The molecule has 1 unspecified atom stereocenters. The molecule has 0 aliphatic carbocycles. The fourth-order valence-electron chi connectivity index (χ4n) is 1.66. The minimum absolute atomic E-state index is 0.180. The second-order valence-electron chi connectivity index (χ2n) is 3.71. The van der Waals surface area contributed by atoms with Crippen molar-refractivity contribution < 1.29 is 4.79 Å². The molecule has 4 nitrogen and oxygen atoms in total. The summed E-state index contributed by atoms with van der Waals surface area (Å²) < 4.78 is 0. The quantitative estimate of drug-likeness (QED) is 0.699. The topological polar surface area (TPSA) is 58.7 Å². The summed E-state index contributed by atoms with van der Waals surface area (Å²) >= 11 is 0. The Morgan fingerprint density at radius 3 is 2.80 bits per heavy atom. The maximum atomic E-state index is 11.4. The molecule has 1 atom stereocenters. The van der Waals surface area contributed by atoms with Crippen molar-refractivity contribution in [3.8, 4) is 0 Å². The van der Waals surface area contributed by atoms with Gasteiger partial charge in [0.25, 0.3) is 0 Å². The van der Waals surface area contributed by atoms with E-state index in [0.717, 1.165) is 12.1 Å². The van der Waals surface area contributed by atoms with E-state index in [1.54, 1.807) is 11.1 Å². The Balaban J connectivity index is 2.70. The Morgan fingerprint density at radius 1 is 1.73 bits per heavy atom. The van der Waals surface area contributed by atoms with Gasteiger partial charge in [0.05, 0.1) is 0 Å². The number of nitrogens with two attached hydrogens (primary N) is 1. The highest BCUT2D eigenvalue weighted by Crippen LogP contribution is 2.22. The van der Waals surface area contributed by atoms with Crippen LogP contribution in [0.2, 0.25) is 0 Å². The van der Waals surface area contributed by atoms with Crippen LogP contribution in [0.4, 0.5) is 0 Å². The molecule has 1 aliphatic heterocycles. The summed E-state index contributed by atoms with van der Waals surface area (Å²) in [6.45, 7) is 6.18. The zero-order chi connectivity index (χ0) is 11.4. The first-order chi connectivity index (χ1) is 7.04. The third kappa shape index (κ3) is 2.94. The molecule has 0 aromatic rings. The van der Waals surface area contributed by atoms with Gasteiger partial charge in [-0.3, -0.25) is 4.79 Å². The summed E-state index contributed by atoms with van der Waals surface area (Å²) in [5.41, 5.74) is 6.39. The van der Waals surface area contributed by atoms with Gasteiger partial charge in [0.15, 0.2) is 0 Å². The van der Waals surface area contributed by atoms with E-state index in [9.17, 15) is 4.79 Å². The molecule has 82 valence electrons. The summed E-state index contributed by atoms with van der Waals surface area (Å²) in [5.74, 6) is 0.696. The second-order valence-corrected chi connectivity index (χ2v) is 3.71. The van der Waals surface area contributed by atoms with Gasteiger partial charge in [0.2, 0.25) is 5.91 Å². The smallest absolute Gasteiger partial charge is 0.223 e. The lowest BCUT2D eigenvalue weighted by Gasteiger charge is -2.10. The molecule has 15 heavy (non-hydrogen) atoms. The number of aliphatic imine (C=N–C) groups is 1. The van der Waals surface area contributed by atoms with Crippen LogP contribution < -0.4 is 5.73 Å². The lowest BCUT2D eigenvalue weighted by atomic mass is 9.99. The van der Waals surface area contributed by atoms with E-state index in [-0.39, 0.29) is 17.6 Å². The number of carbonyl (C=O) groups excluding carboxylic acids is 1. The predicted octanol–water partition coefficient (Wildman–Crippen LogP) is 0.912. The third-order valence-corrected chi connectivity index (χ3v) is 2.53. The van der Waals surface area contributed by atoms with Crippen molar-refractivity contribution in [2.24, 2.45) is 16.6 Å². The number of carbonyl (C=O) groups is 1. The Morgan fingerprint density at radius 2 is 2.40 bits per heavy atom. The van der Waals surface area contributed by atoms with Crippen molar-refractivity contribution in [2.75, 3.05) is 13.6 Å². The van der Waals surface area contributed by atoms with Crippen LogP contribution in [0.15, 0.2) is 29.0 Å². The van der Waals surface area contributed by atoms with Crippen LogP contribution in [0.25, 0.3) is 0 Å². The van der Waals surface area contributed by atoms with Crippen molar-refractivity contribution in [1.29, 1.82) is 0 Å². The minimum atomic E-state index is 0.180.